The minimum atomic E-state index is -4.19. The van der Waals surface area contributed by atoms with Crippen molar-refractivity contribution < 1.29 is 34.4 Å². The Hall–Kier alpha value is -1.86. The average Bonchev–Trinajstić information content (AvgIpc) is 2.68. The van der Waals surface area contributed by atoms with Crippen molar-refractivity contribution in [1.29, 1.82) is 0 Å². The van der Waals surface area contributed by atoms with E-state index in [4.69, 9.17) is 9.11 Å². The second-order valence-corrected chi connectivity index (χ2v) is 10.7. The van der Waals surface area contributed by atoms with Gasteiger partial charge in [-0.3, -0.25) is 9.11 Å². The Morgan fingerprint density at radius 2 is 0.970 bits per heavy atom. The molecule has 196 valence electrons. The minimum absolute atomic E-state index is 0.0445. The molecular weight excluding hydrogens is 502 g/mol. The molecule has 0 aromatic carbocycles. The molecule has 1 aromatic rings. The van der Waals surface area contributed by atoms with Crippen molar-refractivity contribution in [2.24, 2.45) is 0 Å². The van der Waals surface area contributed by atoms with Crippen molar-refractivity contribution in [3.05, 3.63) is 0 Å². The molecule has 0 aliphatic carbocycles. The zero-order chi connectivity index (χ0) is 26.1. The highest BCUT2D eigenvalue weighted by molar-refractivity contribution is 7.88. The highest BCUT2D eigenvalue weighted by Gasteiger charge is 2.10. The van der Waals surface area contributed by atoms with Crippen molar-refractivity contribution in [1.82, 2.24) is 19.7 Å². The van der Waals surface area contributed by atoms with Gasteiger partial charge in [-0.25, -0.2) is 13.1 Å². The Morgan fingerprint density at radius 3 is 1.27 bits per heavy atom. The standard InChI is InChI=1S/C11H23N7O8S3.2C2H6/c1-27(19,20)15-4-2-3-12-9-16-10(13-5-7-28(21,22)23)18-11(17-9)14-6-8-29(24,25)26;2*1-2/h15H,2-8H2,1H3,(H,21,22,23)(H,24,25,26)(H3,12,13,14,16,17,18);2*1-2H3. The molecule has 0 bridgehead atoms. The van der Waals surface area contributed by atoms with E-state index in [1.54, 1.807) is 0 Å². The van der Waals surface area contributed by atoms with Crippen LogP contribution in [0.3, 0.4) is 0 Å². The molecule has 0 atom stereocenters. The molecule has 0 aliphatic rings. The maximum atomic E-state index is 11.0. The summed E-state index contributed by atoms with van der Waals surface area (Å²) in [6.45, 7) is 8.05. The third kappa shape index (κ3) is 21.7. The number of nitrogens with zero attached hydrogens (tertiary/aromatic N) is 3. The highest BCUT2D eigenvalue weighted by Crippen LogP contribution is 2.09. The summed E-state index contributed by atoms with van der Waals surface area (Å²) in [6, 6.07) is 0. The van der Waals surface area contributed by atoms with Gasteiger partial charge in [0.25, 0.3) is 20.2 Å². The zero-order valence-electron chi connectivity index (χ0n) is 19.4. The van der Waals surface area contributed by atoms with Crippen molar-refractivity contribution in [2.75, 3.05) is 59.9 Å². The van der Waals surface area contributed by atoms with E-state index in [1.165, 1.54) is 0 Å². The first-order valence-corrected chi connectivity index (χ1v) is 15.2. The third-order valence-electron chi connectivity index (χ3n) is 2.92. The predicted octanol–water partition coefficient (Wildman–Crippen LogP) is -0.125. The third-order valence-corrected chi connectivity index (χ3v) is 5.09. The second-order valence-electron chi connectivity index (χ2n) is 5.68. The van der Waals surface area contributed by atoms with Crippen LogP contribution in [-0.2, 0) is 30.3 Å². The minimum Gasteiger partial charge on any atom is -0.354 e. The molecule has 18 heteroatoms. The molecule has 15 nitrogen and oxygen atoms in total. The molecule has 0 unspecified atom stereocenters. The summed E-state index contributed by atoms with van der Waals surface area (Å²) in [6.07, 6.45) is 1.43. The van der Waals surface area contributed by atoms with Gasteiger partial charge < -0.3 is 16.0 Å². The van der Waals surface area contributed by atoms with Crippen LogP contribution >= 0.6 is 0 Å². The van der Waals surface area contributed by atoms with E-state index in [2.05, 4.69) is 35.6 Å². The molecule has 0 fully saturated rings. The van der Waals surface area contributed by atoms with Crippen LogP contribution in [-0.4, -0.2) is 93.3 Å². The lowest BCUT2D eigenvalue weighted by Gasteiger charge is -2.11. The predicted molar refractivity (Wildman–Crippen MR) is 128 cm³/mol. The van der Waals surface area contributed by atoms with Gasteiger partial charge in [-0.2, -0.15) is 31.8 Å². The molecule has 0 amide bonds. The fraction of sp³-hybridized carbons (Fsp3) is 0.800. The van der Waals surface area contributed by atoms with Gasteiger partial charge in [0.15, 0.2) is 0 Å². The molecule has 0 saturated heterocycles. The number of rotatable bonds is 14. The fourth-order valence-corrected chi connectivity index (χ4v) is 2.98. The number of aromatic nitrogens is 3. The molecule has 0 aliphatic heterocycles. The van der Waals surface area contributed by atoms with Crippen molar-refractivity contribution >= 4 is 48.1 Å². The van der Waals surface area contributed by atoms with Crippen LogP contribution in [0.4, 0.5) is 17.8 Å². The van der Waals surface area contributed by atoms with E-state index in [-0.39, 0.29) is 44.0 Å². The van der Waals surface area contributed by atoms with Crippen LogP contribution in [0.25, 0.3) is 0 Å². The average molecular weight is 538 g/mol. The Labute approximate surface area is 196 Å². The van der Waals surface area contributed by atoms with Crippen LogP contribution in [0.5, 0.6) is 0 Å². The maximum absolute atomic E-state index is 11.0. The lowest BCUT2D eigenvalue weighted by Crippen LogP contribution is -2.24. The summed E-state index contributed by atoms with van der Waals surface area (Å²) in [4.78, 5) is 11.9. The molecule has 6 N–H and O–H groups in total. The van der Waals surface area contributed by atoms with Gasteiger partial charge in [-0.05, 0) is 6.42 Å². The van der Waals surface area contributed by atoms with Crippen LogP contribution < -0.4 is 20.7 Å². The number of sulfonamides is 1. The van der Waals surface area contributed by atoms with Gasteiger partial charge in [0, 0.05) is 26.2 Å². The number of hydrogen-bond donors (Lipinski definition) is 6. The number of anilines is 3. The molecule has 1 aromatic heterocycles. The molecule has 33 heavy (non-hydrogen) atoms. The van der Waals surface area contributed by atoms with Gasteiger partial charge in [0.05, 0.1) is 17.8 Å². The lowest BCUT2D eigenvalue weighted by atomic mass is 10.4. The van der Waals surface area contributed by atoms with E-state index < -0.39 is 41.8 Å². The summed E-state index contributed by atoms with van der Waals surface area (Å²) in [5, 5.41) is 7.95. The summed E-state index contributed by atoms with van der Waals surface area (Å²) in [7, 11) is -11.7. The lowest BCUT2D eigenvalue weighted by molar-refractivity contribution is 0.481. The first-order valence-electron chi connectivity index (χ1n) is 10.1. The van der Waals surface area contributed by atoms with Crippen molar-refractivity contribution in [3.63, 3.8) is 0 Å². The van der Waals surface area contributed by atoms with Crippen molar-refractivity contribution in [3.8, 4) is 0 Å². The van der Waals surface area contributed by atoms with Gasteiger partial charge in [-0.1, -0.05) is 27.7 Å². The first-order chi connectivity index (χ1) is 15.2. The van der Waals surface area contributed by atoms with E-state index >= 15 is 0 Å². The largest absolute Gasteiger partial charge is 0.354 e. The molecule has 0 saturated carbocycles. The Kier molecular flexibility index (Phi) is 16.9. The van der Waals surface area contributed by atoms with Crippen molar-refractivity contribution in [2.45, 2.75) is 34.1 Å². The summed E-state index contributed by atoms with van der Waals surface area (Å²) in [5.74, 6) is -1.26. The Bertz CT molecular complexity index is 930. The summed E-state index contributed by atoms with van der Waals surface area (Å²) in [5.41, 5.74) is 0. The normalized spacial score (nSPS) is 11.4. The maximum Gasteiger partial charge on any atom is 0.266 e. The smallest absolute Gasteiger partial charge is 0.266 e. The molecule has 0 spiro atoms. The second kappa shape index (κ2) is 16.7. The fourth-order valence-electron chi connectivity index (χ4n) is 1.74. The van der Waals surface area contributed by atoms with E-state index in [1.807, 2.05) is 27.7 Å². The van der Waals surface area contributed by atoms with Gasteiger partial charge in [0.2, 0.25) is 27.9 Å². The van der Waals surface area contributed by atoms with Crippen LogP contribution in [0, 0.1) is 0 Å². The van der Waals surface area contributed by atoms with Crippen LogP contribution in [0.2, 0.25) is 0 Å². The Balaban J connectivity index is 0. The van der Waals surface area contributed by atoms with E-state index in [0.717, 1.165) is 6.26 Å². The van der Waals surface area contributed by atoms with Crippen LogP contribution in [0.1, 0.15) is 34.1 Å². The van der Waals surface area contributed by atoms with Gasteiger partial charge >= 0.3 is 0 Å². The molecule has 1 rings (SSSR count). The Morgan fingerprint density at radius 1 is 0.636 bits per heavy atom. The molecular formula is C15H35N7O8S3. The number of nitrogens with one attached hydrogen (secondary N) is 4. The molecule has 1 heterocycles. The monoisotopic (exact) mass is 537 g/mol. The summed E-state index contributed by atoms with van der Waals surface area (Å²) < 4.78 is 84.9. The first kappa shape index (κ1) is 33.3. The van der Waals surface area contributed by atoms with Gasteiger partial charge in [-0.15, -0.1) is 0 Å². The number of hydrogen-bond acceptors (Lipinski definition) is 12. The van der Waals surface area contributed by atoms with E-state index in [0.29, 0.717) is 6.42 Å². The zero-order valence-corrected chi connectivity index (χ0v) is 21.8. The SMILES string of the molecule is CC.CC.CS(=O)(=O)NCCCNc1nc(NCCS(=O)(=O)O)nc(NCCS(=O)(=O)O)n1. The topological polar surface area (TPSA) is 230 Å². The molecule has 0 radical (unpaired) electrons. The summed E-state index contributed by atoms with van der Waals surface area (Å²) >= 11 is 0. The van der Waals surface area contributed by atoms with Crippen LogP contribution in [0.15, 0.2) is 0 Å². The highest BCUT2D eigenvalue weighted by atomic mass is 32.2. The van der Waals surface area contributed by atoms with Gasteiger partial charge in [0.1, 0.15) is 0 Å². The quantitative estimate of drug-likeness (QED) is 0.134. The van der Waals surface area contributed by atoms with E-state index in [9.17, 15) is 25.3 Å².